The van der Waals surface area contributed by atoms with Crippen molar-refractivity contribution in [2.24, 2.45) is 5.92 Å². The van der Waals surface area contributed by atoms with Gasteiger partial charge < -0.3 is 15.1 Å². The van der Waals surface area contributed by atoms with E-state index in [1.54, 1.807) is 0 Å². The smallest absolute Gasteiger partial charge is 0.129 e. The Kier molecular flexibility index (Phi) is 5.55. The predicted molar refractivity (Wildman–Crippen MR) is 136 cm³/mol. The normalized spacial score (nSPS) is 32.3. The number of benzene rings is 1. The van der Waals surface area contributed by atoms with Crippen LogP contribution in [-0.4, -0.2) is 74.2 Å². The molecule has 178 valence electrons. The molecule has 1 aromatic heterocycles. The number of phenolic OH excluding ortho intramolecular Hbond substituents is 1. The van der Waals surface area contributed by atoms with Crippen molar-refractivity contribution in [2.45, 2.75) is 69.1 Å². The first-order valence-electron chi connectivity index (χ1n) is 12.6. The fourth-order valence-electron chi connectivity index (χ4n) is 7.00. The Morgan fingerprint density at radius 3 is 2.67 bits per heavy atom. The molecule has 7 heteroatoms. The molecule has 0 spiro atoms. The van der Waals surface area contributed by atoms with E-state index in [0.717, 1.165) is 74.4 Å². The van der Waals surface area contributed by atoms with Gasteiger partial charge in [-0.3, -0.25) is 9.58 Å². The van der Waals surface area contributed by atoms with Crippen LogP contribution in [0.25, 0.3) is 0 Å². The number of aliphatic hydroxyl groups is 1. The van der Waals surface area contributed by atoms with E-state index in [4.69, 9.17) is 0 Å². The van der Waals surface area contributed by atoms with Gasteiger partial charge in [0.05, 0.1) is 21.9 Å². The Hall–Kier alpha value is -1.16. The maximum absolute atomic E-state index is 12.6. The molecule has 1 aromatic carbocycles. The van der Waals surface area contributed by atoms with Gasteiger partial charge in [0, 0.05) is 37.3 Å². The molecule has 3 atom stereocenters. The first kappa shape index (κ1) is 22.3. The summed E-state index contributed by atoms with van der Waals surface area (Å²) in [7, 11) is 0. The van der Waals surface area contributed by atoms with Crippen LogP contribution in [0.5, 0.6) is 5.75 Å². The number of hydrogen-bond acceptors (Lipinski definition) is 5. The quantitative estimate of drug-likeness (QED) is 0.548. The largest absolute Gasteiger partial charge is 0.507 e. The lowest BCUT2D eigenvalue weighted by Gasteiger charge is -2.61. The lowest BCUT2D eigenvalue weighted by Crippen LogP contribution is -2.71. The van der Waals surface area contributed by atoms with Crippen LogP contribution < -0.4 is 0 Å². The van der Waals surface area contributed by atoms with Crippen LogP contribution in [0, 0.1) is 16.4 Å². The lowest BCUT2D eigenvalue weighted by atomic mass is 9.52. The molecular weight excluding hydrogens is 527 g/mol. The number of aryl methyl sites for hydroxylation is 1. The molecule has 2 N–H and O–H groups in total. The number of piperidine rings is 1. The molecule has 6 rings (SSSR count). The van der Waals surface area contributed by atoms with Gasteiger partial charge in [-0.25, -0.2) is 0 Å². The van der Waals surface area contributed by atoms with Gasteiger partial charge in [0.25, 0.3) is 0 Å². The molecule has 3 heterocycles. The highest BCUT2D eigenvalue weighted by atomic mass is 127. The zero-order valence-electron chi connectivity index (χ0n) is 19.5. The fourth-order valence-corrected chi connectivity index (χ4v) is 7.53. The summed E-state index contributed by atoms with van der Waals surface area (Å²) in [6.45, 7) is 8.00. The molecule has 3 fully saturated rings. The van der Waals surface area contributed by atoms with Crippen molar-refractivity contribution in [1.29, 1.82) is 0 Å². The first-order valence-corrected chi connectivity index (χ1v) is 13.7. The molecule has 4 aliphatic rings. The molecule has 0 radical (unpaired) electrons. The summed E-state index contributed by atoms with van der Waals surface area (Å²) >= 11 is 2.25. The monoisotopic (exact) mass is 562 g/mol. The van der Waals surface area contributed by atoms with E-state index in [1.165, 1.54) is 29.5 Å². The summed E-state index contributed by atoms with van der Waals surface area (Å²) in [6, 6.07) is 4.35. The fraction of sp³-hybridized carbons (Fsp3) is 0.654. The molecule has 2 bridgehead atoms. The lowest BCUT2D eigenvalue weighted by molar-refractivity contribution is -0.149. The molecule has 3 unspecified atom stereocenters. The van der Waals surface area contributed by atoms with Gasteiger partial charge in [-0.15, -0.1) is 0 Å². The van der Waals surface area contributed by atoms with E-state index in [2.05, 4.69) is 56.7 Å². The molecule has 1 saturated carbocycles. The predicted octanol–water partition coefficient (Wildman–Crippen LogP) is 3.31. The van der Waals surface area contributed by atoms with E-state index < -0.39 is 5.60 Å². The van der Waals surface area contributed by atoms with E-state index in [0.29, 0.717) is 5.75 Å². The second-order valence-electron chi connectivity index (χ2n) is 11.0. The SMILES string of the molecule is Cc1cnn(CCN2CCC34CCN(CC5CC5)C(Cc5cc(I)c(O)cc53)C4(O)CC2)c1. The van der Waals surface area contributed by atoms with Crippen LogP contribution in [0.15, 0.2) is 24.5 Å². The van der Waals surface area contributed by atoms with E-state index in [9.17, 15) is 10.2 Å². The van der Waals surface area contributed by atoms with E-state index in [-0.39, 0.29) is 11.5 Å². The molecule has 2 aromatic rings. The van der Waals surface area contributed by atoms with Gasteiger partial charge in [-0.1, -0.05) is 0 Å². The number of nitrogens with zero attached hydrogens (tertiary/aromatic N) is 4. The standard InChI is InChI=1S/C26H35IN4O2/c1-18-15-28-31(16-18)11-10-29-7-4-25-5-9-30(17-19-2-3-19)24(26(25,33)6-8-29)13-20-12-22(27)23(32)14-21(20)25/h12,14-16,19,24,32-33H,2-11,13,17H2,1H3. The molecule has 2 aliphatic carbocycles. The van der Waals surface area contributed by atoms with Crippen molar-refractivity contribution in [3.8, 4) is 5.75 Å². The number of fused-ring (bicyclic) bond motifs is 1. The minimum Gasteiger partial charge on any atom is -0.507 e. The van der Waals surface area contributed by atoms with Crippen LogP contribution in [-0.2, 0) is 18.4 Å². The molecule has 2 saturated heterocycles. The summed E-state index contributed by atoms with van der Waals surface area (Å²) in [5, 5.41) is 27.7. The summed E-state index contributed by atoms with van der Waals surface area (Å²) in [4.78, 5) is 5.15. The third-order valence-corrected chi connectivity index (χ3v) is 9.87. The molecule has 6 nitrogen and oxygen atoms in total. The second kappa shape index (κ2) is 8.21. The Balaban J connectivity index is 1.33. The summed E-state index contributed by atoms with van der Waals surface area (Å²) in [5.41, 5.74) is 2.73. The number of aromatic hydroxyl groups is 1. The van der Waals surface area contributed by atoms with Gasteiger partial charge in [0.15, 0.2) is 0 Å². The van der Waals surface area contributed by atoms with Crippen molar-refractivity contribution in [2.75, 3.05) is 32.7 Å². The van der Waals surface area contributed by atoms with Crippen LogP contribution >= 0.6 is 22.6 Å². The molecule has 2 aliphatic heterocycles. The van der Waals surface area contributed by atoms with Crippen LogP contribution in [0.4, 0.5) is 0 Å². The van der Waals surface area contributed by atoms with Gasteiger partial charge in [0.2, 0.25) is 0 Å². The first-order chi connectivity index (χ1) is 15.9. The number of likely N-dealkylation sites (tertiary alicyclic amines) is 2. The van der Waals surface area contributed by atoms with Crippen LogP contribution in [0.3, 0.4) is 0 Å². The summed E-state index contributed by atoms with van der Waals surface area (Å²) in [5.74, 6) is 1.18. The maximum Gasteiger partial charge on any atom is 0.129 e. The average Bonchev–Trinajstić information content (AvgIpc) is 3.53. The molecule has 0 amide bonds. The Labute approximate surface area is 210 Å². The summed E-state index contributed by atoms with van der Waals surface area (Å²) < 4.78 is 2.95. The van der Waals surface area contributed by atoms with Gasteiger partial charge in [0.1, 0.15) is 5.75 Å². The number of aromatic nitrogens is 2. The minimum absolute atomic E-state index is 0.174. The Morgan fingerprint density at radius 2 is 1.91 bits per heavy atom. The van der Waals surface area contributed by atoms with Gasteiger partial charge in [-0.2, -0.15) is 5.10 Å². The van der Waals surface area contributed by atoms with Crippen molar-refractivity contribution in [3.05, 3.63) is 44.8 Å². The number of phenols is 1. The van der Waals surface area contributed by atoms with Crippen molar-refractivity contribution >= 4 is 22.6 Å². The van der Waals surface area contributed by atoms with Gasteiger partial charge >= 0.3 is 0 Å². The average molecular weight is 562 g/mol. The Bertz CT molecular complexity index is 1050. The van der Waals surface area contributed by atoms with Gasteiger partial charge in [-0.05, 0) is 116 Å². The van der Waals surface area contributed by atoms with Crippen molar-refractivity contribution in [3.63, 3.8) is 0 Å². The summed E-state index contributed by atoms with van der Waals surface area (Å²) in [6.07, 6.45) is 10.3. The maximum atomic E-state index is 12.6. The number of hydrogen-bond donors (Lipinski definition) is 2. The van der Waals surface area contributed by atoms with Crippen LogP contribution in [0.1, 0.15) is 48.8 Å². The van der Waals surface area contributed by atoms with E-state index in [1.807, 2.05) is 16.9 Å². The number of halogens is 1. The highest BCUT2D eigenvalue weighted by Gasteiger charge is 2.63. The van der Waals surface area contributed by atoms with Crippen molar-refractivity contribution < 1.29 is 10.2 Å². The zero-order valence-corrected chi connectivity index (χ0v) is 21.7. The third-order valence-electron chi connectivity index (χ3n) is 9.01. The van der Waals surface area contributed by atoms with Crippen molar-refractivity contribution in [1.82, 2.24) is 19.6 Å². The molecular formula is C26H35IN4O2. The zero-order chi connectivity index (χ0) is 22.8. The van der Waals surface area contributed by atoms with E-state index >= 15 is 0 Å². The minimum atomic E-state index is -0.747. The topological polar surface area (TPSA) is 64.8 Å². The highest BCUT2D eigenvalue weighted by Crippen LogP contribution is 2.57. The Morgan fingerprint density at radius 1 is 1.12 bits per heavy atom. The third kappa shape index (κ3) is 3.74. The molecule has 33 heavy (non-hydrogen) atoms. The number of rotatable bonds is 5. The highest BCUT2D eigenvalue weighted by molar-refractivity contribution is 14.1. The second-order valence-corrected chi connectivity index (χ2v) is 12.2. The van der Waals surface area contributed by atoms with Crippen LogP contribution in [0.2, 0.25) is 0 Å².